The Kier molecular flexibility index (Phi) is 4.46. The Bertz CT molecular complexity index is 518. The van der Waals surface area contributed by atoms with Gasteiger partial charge in [0.05, 0.1) is 16.6 Å². The van der Waals surface area contributed by atoms with Crippen LogP contribution >= 0.6 is 0 Å². The van der Waals surface area contributed by atoms with Gasteiger partial charge >= 0.3 is 0 Å². The summed E-state index contributed by atoms with van der Waals surface area (Å²) in [5.74, 6) is 0. The van der Waals surface area contributed by atoms with Gasteiger partial charge in [-0.3, -0.25) is 10.1 Å². The number of hydrogen-bond acceptors (Lipinski definition) is 5. The van der Waals surface area contributed by atoms with E-state index in [1.54, 1.807) is 0 Å². The fourth-order valence-electron chi connectivity index (χ4n) is 1.38. The first-order chi connectivity index (χ1) is 8.77. The van der Waals surface area contributed by atoms with Crippen molar-refractivity contribution in [2.75, 3.05) is 26.0 Å². The summed E-state index contributed by atoms with van der Waals surface area (Å²) in [5.41, 5.74) is 0.597. The zero-order chi connectivity index (χ0) is 14.6. The van der Waals surface area contributed by atoms with Crippen LogP contribution in [0.3, 0.4) is 0 Å². The van der Waals surface area contributed by atoms with Crippen molar-refractivity contribution >= 4 is 11.4 Å². The van der Waals surface area contributed by atoms with Crippen molar-refractivity contribution in [2.45, 2.75) is 19.4 Å². The van der Waals surface area contributed by atoms with Crippen molar-refractivity contribution in [1.29, 1.82) is 5.26 Å². The highest BCUT2D eigenvalue weighted by Crippen LogP contribution is 2.26. The number of nitrogens with zero attached hydrogens (tertiary/aromatic N) is 3. The lowest BCUT2D eigenvalue weighted by Crippen LogP contribution is -2.44. The van der Waals surface area contributed by atoms with E-state index in [1.165, 1.54) is 18.2 Å². The van der Waals surface area contributed by atoms with E-state index >= 15 is 0 Å². The highest BCUT2D eigenvalue weighted by atomic mass is 16.6. The number of nitro benzene ring substituents is 1. The summed E-state index contributed by atoms with van der Waals surface area (Å²) in [7, 11) is 3.89. The van der Waals surface area contributed by atoms with E-state index in [1.807, 2.05) is 38.9 Å². The molecule has 1 N–H and O–H groups in total. The van der Waals surface area contributed by atoms with Crippen molar-refractivity contribution < 1.29 is 4.92 Å². The number of nitriles is 1. The number of likely N-dealkylation sites (N-methyl/N-ethyl adjacent to an activating group) is 1. The highest BCUT2D eigenvalue weighted by Gasteiger charge is 2.22. The molecule has 1 rings (SSSR count). The van der Waals surface area contributed by atoms with Gasteiger partial charge in [0.2, 0.25) is 0 Å². The molecule has 0 atom stereocenters. The summed E-state index contributed by atoms with van der Waals surface area (Å²) in [6.07, 6.45) is 0. The maximum atomic E-state index is 11.0. The lowest BCUT2D eigenvalue weighted by atomic mass is 10.0. The molecule has 0 amide bonds. The molecule has 0 fully saturated rings. The minimum absolute atomic E-state index is 0.0199. The van der Waals surface area contributed by atoms with Crippen LogP contribution in [0.15, 0.2) is 18.2 Å². The molecule has 0 unspecified atom stereocenters. The Morgan fingerprint density at radius 1 is 1.47 bits per heavy atom. The van der Waals surface area contributed by atoms with Crippen molar-refractivity contribution in [3.8, 4) is 6.07 Å². The molecule has 0 aromatic heterocycles. The third kappa shape index (κ3) is 3.66. The van der Waals surface area contributed by atoms with Crippen molar-refractivity contribution in [3.63, 3.8) is 0 Å². The number of anilines is 1. The first kappa shape index (κ1) is 14.9. The SMILES string of the molecule is CN(C)C(C)(C)CNc1cc(C#N)ccc1[N+](=O)[O-]. The quantitative estimate of drug-likeness (QED) is 0.650. The molecule has 0 bridgehead atoms. The van der Waals surface area contributed by atoms with Gasteiger partial charge in [-0.15, -0.1) is 0 Å². The van der Waals surface area contributed by atoms with E-state index in [9.17, 15) is 10.1 Å². The normalized spacial score (nSPS) is 11.2. The lowest BCUT2D eigenvalue weighted by molar-refractivity contribution is -0.384. The Labute approximate surface area is 112 Å². The van der Waals surface area contributed by atoms with Gasteiger partial charge in [-0.2, -0.15) is 5.26 Å². The van der Waals surface area contributed by atoms with E-state index in [0.717, 1.165) is 0 Å². The van der Waals surface area contributed by atoms with Gasteiger partial charge in [0.15, 0.2) is 0 Å². The summed E-state index contributed by atoms with van der Waals surface area (Å²) in [6.45, 7) is 4.59. The molecule has 6 heteroatoms. The van der Waals surface area contributed by atoms with Crippen LogP contribution in [-0.4, -0.2) is 36.0 Å². The largest absolute Gasteiger partial charge is 0.378 e. The Hall–Kier alpha value is -2.13. The summed E-state index contributed by atoms with van der Waals surface area (Å²) >= 11 is 0. The number of benzene rings is 1. The van der Waals surface area contributed by atoms with Crippen LogP contribution < -0.4 is 5.32 Å². The van der Waals surface area contributed by atoms with Gasteiger partial charge in [0.1, 0.15) is 5.69 Å². The van der Waals surface area contributed by atoms with Gasteiger partial charge in [-0.05, 0) is 40.1 Å². The van der Waals surface area contributed by atoms with Crippen LogP contribution in [0.1, 0.15) is 19.4 Å². The molecule has 0 heterocycles. The van der Waals surface area contributed by atoms with Crippen molar-refractivity contribution in [3.05, 3.63) is 33.9 Å². The second-order valence-corrected chi connectivity index (χ2v) is 5.16. The summed E-state index contributed by atoms with van der Waals surface area (Å²) in [6, 6.07) is 6.28. The van der Waals surface area contributed by atoms with Crippen LogP contribution in [0.2, 0.25) is 0 Å². The fraction of sp³-hybridized carbons (Fsp3) is 0.462. The maximum absolute atomic E-state index is 11.0. The van der Waals surface area contributed by atoms with E-state index in [0.29, 0.717) is 17.8 Å². The number of nitro groups is 1. The Morgan fingerprint density at radius 3 is 2.58 bits per heavy atom. The van der Waals surface area contributed by atoms with E-state index in [-0.39, 0.29) is 11.2 Å². The highest BCUT2D eigenvalue weighted by molar-refractivity contribution is 5.64. The fourth-order valence-corrected chi connectivity index (χ4v) is 1.38. The molecule has 6 nitrogen and oxygen atoms in total. The van der Waals surface area contributed by atoms with Crippen LogP contribution in [0.5, 0.6) is 0 Å². The predicted molar refractivity (Wildman–Crippen MR) is 74.1 cm³/mol. The zero-order valence-corrected chi connectivity index (χ0v) is 11.6. The average Bonchev–Trinajstić information content (AvgIpc) is 2.35. The molecule has 0 aliphatic heterocycles. The van der Waals surface area contributed by atoms with Gasteiger partial charge in [-0.1, -0.05) is 0 Å². The molecule has 0 saturated heterocycles. The van der Waals surface area contributed by atoms with E-state index < -0.39 is 4.92 Å². The van der Waals surface area contributed by atoms with Crippen molar-refractivity contribution in [1.82, 2.24) is 4.90 Å². The molecule has 0 radical (unpaired) electrons. The van der Waals surface area contributed by atoms with Gasteiger partial charge in [-0.25, -0.2) is 0 Å². The summed E-state index contributed by atoms with van der Waals surface area (Å²) in [4.78, 5) is 12.5. The molecule has 1 aromatic carbocycles. The standard InChI is InChI=1S/C13H18N4O2/c1-13(2,16(3)4)9-15-11-7-10(8-14)5-6-12(11)17(18)19/h5-7,15H,9H2,1-4H3. The number of nitrogens with one attached hydrogen (secondary N) is 1. The number of hydrogen-bond donors (Lipinski definition) is 1. The molecular formula is C13H18N4O2. The van der Waals surface area contributed by atoms with E-state index in [4.69, 9.17) is 5.26 Å². The smallest absolute Gasteiger partial charge is 0.292 e. The molecule has 102 valence electrons. The first-order valence-corrected chi connectivity index (χ1v) is 5.88. The average molecular weight is 262 g/mol. The summed E-state index contributed by atoms with van der Waals surface area (Å²) in [5, 5.41) is 22.9. The zero-order valence-electron chi connectivity index (χ0n) is 11.6. The van der Waals surface area contributed by atoms with Gasteiger partial charge in [0.25, 0.3) is 5.69 Å². The Balaban J connectivity index is 2.99. The number of rotatable bonds is 5. The molecule has 0 aliphatic rings. The maximum Gasteiger partial charge on any atom is 0.292 e. The van der Waals surface area contributed by atoms with Crippen LogP contribution in [0.4, 0.5) is 11.4 Å². The monoisotopic (exact) mass is 262 g/mol. The molecule has 1 aromatic rings. The molecule has 0 saturated carbocycles. The molecule has 19 heavy (non-hydrogen) atoms. The predicted octanol–water partition coefficient (Wildman–Crippen LogP) is 2.22. The second kappa shape index (κ2) is 5.67. The third-order valence-electron chi connectivity index (χ3n) is 3.24. The van der Waals surface area contributed by atoms with Crippen LogP contribution in [0, 0.1) is 21.4 Å². The minimum Gasteiger partial charge on any atom is -0.378 e. The Morgan fingerprint density at radius 2 is 2.11 bits per heavy atom. The lowest BCUT2D eigenvalue weighted by Gasteiger charge is -2.32. The van der Waals surface area contributed by atoms with Gasteiger partial charge in [0, 0.05) is 18.2 Å². The first-order valence-electron chi connectivity index (χ1n) is 5.88. The third-order valence-corrected chi connectivity index (χ3v) is 3.24. The van der Waals surface area contributed by atoms with Crippen LogP contribution in [0.25, 0.3) is 0 Å². The molecule has 0 aliphatic carbocycles. The topological polar surface area (TPSA) is 82.2 Å². The molecular weight excluding hydrogens is 244 g/mol. The van der Waals surface area contributed by atoms with Gasteiger partial charge < -0.3 is 10.2 Å². The second-order valence-electron chi connectivity index (χ2n) is 5.16. The molecule has 0 spiro atoms. The van der Waals surface area contributed by atoms with E-state index in [2.05, 4.69) is 5.32 Å². The minimum atomic E-state index is -0.452. The summed E-state index contributed by atoms with van der Waals surface area (Å²) < 4.78 is 0. The van der Waals surface area contributed by atoms with Crippen molar-refractivity contribution in [2.24, 2.45) is 0 Å². The van der Waals surface area contributed by atoms with Crippen LogP contribution in [-0.2, 0) is 0 Å².